The van der Waals surface area contributed by atoms with E-state index in [9.17, 15) is 0 Å². The second-order valence-corrected chi connectivity index (χ2v) is 2.57. The average molecular weight is 116 g/mol. The normalized spacial score (nSPS) is 23.3. The fraction of sp³-hybridized carbons (Fsp3) is 0.600. The second kappa shape index (κ2) is 2.38. The first-order chi connectivity index (χ1) is 3.43. The fourth-order valence-corrected chi connectivity index (χ4v) is 0.822. The summed E-state index contributed by atoms with van der Waals surface area (Å²) in [5.74, 6) is 1.19. The Kier molecular flexibility index (Phi) is 1.77. The maximum atomic E-state index is 8.29. The van der Waals surface area contributed by atoms with Crippen molar-refractivity contribution in [3.8, 4) is 0 Å². The van der Waals surface area contributed by atoms with Crippen LogP contribution in [0.15, 0.2) is 11.0 Å². The van der Waals surface area contributed by atoms with Gasteiger partial charge in [-0.3, -0.25) is 0 Å². The first-order valence-electron chi connectivity index (χ1n) is 2.36. The van der Waals surface area contributed by atoms with Gasteiger partial charge in [0.25, 0.3) is 0 Å². The molecular weight excluding hydrogens is 108 g/mol. The minimum absolute atomic E-state index is 0.296. The summed E-state index contributed by atoms with van der Waals surface area (Å²) < 4.78 is 0. The molecule has 1 rings (SSSR count). The Bertz CT molecular complexity index is 82.1. The molecule has 0 aromatic carbocycles. The number of aliphatic hydroxyl groups excluding tert-OH is 1. The van der Waals surface area contributed by atoms with Crippen molar-refractivity contribution in [2.75, 3.05) is 12.4 Å². The Morgan fingerprint density at radius 3 is 3.00 bits per heavy atom. The lowest BCUT2D eigenvalue weighted by molar-refractivity contribution is 0.302. The van der Waals surface area contributed by atoms with Crippen molar-refractivity contribution < 1.29 is 5.11 Å². The second-order valence-electron chi connectivity index (χ2n) is 1.47. The molecular formula is C5H8OS. The fourth-order valence-electron chi connectivity index (χ4n) is 0.385. The van der Waals surface area contributed by atoms with Crippen molar-refractivity contribution in [3.05, 3.63) is 11.0 Å². The van der Waals surface area contributed by atoms with Gasteiger partial charge in [-0.2, -0.15) is 0 Å². The first-order valence-corrected chi connectivity index (χ1v) is 3.35. The van der Waals surface area contributed by atoms with Gasteiger partial charge in [0.2, 0.25) is 0 Å². The highest BCUT2D eigenvalue weighted by atomic mass is 32.2. The molecule has 1 nitrogen and oxygen atoms in total. The summed E-state index contributed by atoms with van der Waals surface area (Å²) in [6.45, 7) is 0.296. The lowest BCUT2D eigenvalue weighted by Gasteiger charge is -1.76. The summed E-state index contributed by atoms with van der Waals surface area (Å²) in [4.78, 5) is 1.44. The maximum Gasteiger partial charge on any atom is 0.0465 e. The van der Waals surface area contributed by atoms with E-state index in [-0.39, 0.29) is 0 Å². The predicted molar refractivity (Wildman–Crippen MR) is 32.2 cm³/mol. The third-order valence-corrected chi connectivity index (χ3v) is 1.60. The standard InChI is InChI=1S/C5H8OS/c6-3-1-2-5-4-7-5/h2,6H,1,3-4H2. The molecule has 0 atom stereocenters. The molecule has 0 unspecified atom stereocenters. The molecule has 0 spiro atoms. The SMILES string of the molecule is OCCC=C1CS1. The van der Waals surface area contributed by atoms with Crippen LogP contribution < -0.4 is 0 Å². The molecule has 1 aliphatic heterocycles. The van der Waals surface area contributed by atoms with Crippen LogP contribution in [0, 0.1) is 0 Å². The van der Waals surface area contributed by atoms with Gasteiger partial charge >= 0.3 is 0 Å². The molecule has 0 saturated carbocycles. The van der Waals surface area contributed by atoms with Gasteiger partial charge < -0.3 is 5.11 Å². The molecule has 0 radical (unpaired) electrons. The Morgan fingerprint density at radius 1 is 1.86 bits per heavy atom. The summed E-state index contributed by atoms with van der Waals surface area (Å²) >= 11 is 1.86. The van der Waals surface area contributed by atoms with Gasteiger partial charge in [0.1, 0.15) is 0 Å². The molecule has 1 aliphatic rings. The van der Waals surface area contributed by atoms with Gasteiger partial charge in [0.05, 0.1) is 0 Å². The van der Waals surface area contributed by atoms with Gasteiger partial charge in [-0.05, 0) is 11.3 Å². The minimum Gasteiger partial charge on any atom is -0.396 e. The quantitative estimate of drug-likeness (QED) is 0.543. The van der Waals surface area contributed by atoms with Gasteiger partial charge in [0, 0.05) is 12.4 Å². The number of hydrogen-bond donors (Lipinski definition) is 1. The van der Waals surface area contributed by atoms with Gasteiger partial charge in [-0.15, -0.1) is 11.8 Å². The number of thioether (sulfide) groups is 1. The van der Waals surface area contributed by atoms with Crippen molar-refractivity contribution in [1.82, 2.24) is 0 Å². The molecule has 0 aliphatic carbocycles. The first kappa shape index (κ1) is 5.19. The molecule has 1 N–H and O–H groups in total. The van der Waals surface area contributed by atoms with Crippen molar-refractivity contribution in [1.29, 1.82) is 0 Å². The zero-order valence-corrected chi connectivity index (χ0v) is 4.87. The van der Waals surface area contributed by atoms with Crippen LogP contribution >= 0.6 is 11.8 Å². The molecule has 1 saturated heterocycles. The van der Waals surface area contributed by atoms with Crippen LogP contribution in [0.1, 0.15) is 6.42 Å². The van der Waals surface area contributed by atoms with Crippen molar-refractivity contribution >= 4 is 11.8 Å². The van der Waals surface area contributed by atoms with E-state index in [1.807, 2.05) is 11.8 Å². The molecule has 2 heteroatoms. The lowest BCUT2D eigenvalue weighted by Crippen LogP contribution is -1.73. The van der Waals surface area contributed by atoms with Crippen LogP contribution in [0.4, 0.5) is 0 Å². The third kappa shape index (κ3) is 2.00. The Balaban J connectivity index is 2.07. The van der Waals surface area contributed by atoms with E-state index in [4.69, 9.17) is 5.11 Å². The van der Waals surface area contributed by atoms with Crippen LogP contribution in [-0.2, 0) is 0 Å². The summed E-state index contributed by atoms with van der Waals surface area (Å²) in [5.41, 5.74) is 0. The van der Waals surface area contributed by atoms with Crippen LogP contribution in [0.2, 0.25) is 0 Å². The molecule has 1 heterocycles. The van der Waals surface area contributed by atoms with Crippen LogP contribution in [0.25, 0.3) is 0 Å². The van der Waals surface area contributed by atoms with E-state index in [0.29, 0.717) is 6.61 Å². The molecule has 0 aromatic rings. The van der Waals surface area contributed by atoms with Crippen molar-refractivity contribution in [3.63, 3.8) is 0 Å². The van der Waals surface area contributed by atoms with Gasteiger partial charge in [-0.25, -0.2) is 0 Å². The van der Waals surface area contributed by atoms with E-state index >= 15 is 0 Å². The third-order valence-electron chi connectivity index (χ3n) is 0.812. The molecule has 40 valence electrons. The number of aliphatic hydroxyl groups is 1. The average Bonchev–Trinajstić information content (AvgIpc) is 2.42. The molecule has 0 bridgehead atoms. The highest BCUT2D eigenvalue weighted by molar-refractivity contribution is 8.11. The van der Waals surface area contributed by atoms with Crippen LogP contribution in [-0.4, -0.2) is 17.5 Å². The van der Waals surface area contributed by atoms with Crippen LogP contribution in [0.5, 0.6) is 0 Å². The van der Waals surface area contributed by atoms with Gasteiger partial charge in [0.15, 0.2) is 0 Å². The molecule has 1 fully saturated rings. The van der Waals surface area contributed by atoms with E-state index < -0.39 is 0 Å². The number of hydrogen-bond acceptors (Lipinski definition) is 2. The van der Waals surface area contributed by atoms with Crippen molar-refractivity contribution in [2.24, 2.45) is 0 Å². The highest BCUT2D eigenvalue weighted by Gasteiger charge is 2.09. The van der Waals surface area contributed by atoms with Gasteiger partial charge in [-0.1, -0.05) is 6.08 Å². The predicted octanol–water partition coefficient (Wildman–Crippen LogP) is 1.000. The Hall–Kier alpha value is 0.0500. The highest BCUT2D eigenvalue weighted by Crippen LogP contribution is 2.35. The molecule has 0 amide bonds. The zero-order valence-electron chi connectivity index (χ0n) is 4.05. The van der Waals surface area contributed by atoms with Crippen LogP contribution in [0.3, 0.4) is 0 Å². The smallest absolute Gasteiger partial charge is 0.0465 e. The van der Waals surface area contributed by atoms with E-state index in [1.54, 1.807) is 0 Å². The minimum atomic E-state index is 0.296. The summed E-state index contributed by atoms with van der Waals surface area (Å²) in [6, 6.07) is 0. The largest absolute Gasteiger partial charge is 0.396 e. The lowest BCUT2D eigenvalue weighted by atomic mass is 10.4. The molecule has 0 aromatic heterocycles. The van der Waals surface area contributed by atoms with E-state index in [1.165, 1.54) is 10.7 Å². The number of rotatable bonds is 2. The summed E-state index contributed by atoms with van der Waals surface area (Å²) in [5, 5.41) is 8.29. The summed E-state index contributed by atoms with van der Waals surface area (Å²) in [6.07, 6.45) is 2.92. The van der Waals surface area contributed by atoms with E-state index in [0.717, 1.165) is 6.42 Å². The summed E-state index contributed by atoms with van der Waals surface area (Å²) in [7, 11) is 0. The maximum absolute atomic E-state index is 8.29. The van der Waals surface area contributed by atoms with Crippen molar-refractivity contribution in [2.45, 2.75) is 6.42 Å². The zero-order chi connectivity index (χ0) is 5.11. The van der Waals surface area contributed by atoms with E-state index in [2.05, 4.69) is 6.08 Å². The monoisotopic (exact) mass is 116 g/mol. The topological polar surface area (TPSA) is 20.2 Å². The molecule has 7 heavy (non-hydrogen) atoms. The Morgan fingerprint density at radius 2 is 2.57 bits per heavy atom. The Labute approximate surface area is 47.4 Å².